The van der Waals surface area contributed by atoms with Crippen LogP contribution in [0.2, 0.25) is 0 Å². The van der Waals surface area contributed by atoms with Crippen molar-refractivity contribution < 1.29 is 45.7 Å². The van der Waals surface area contributed by atoms with Crippen LogP contribution in [0.25, 0.3) is 0 Å². The molecule has 0 aliphatic rings. The van der Waals surface area contributed by atoms with Crippen LogP contribution in [-0.4, -0.2) is 36.5 Å². The molecule has 0 spiro atoms. The smallest absolute Gasteiger partial charge is 0.407 e. The zero-order chi connectivity index (χ0) is 24.3. The number of hydrogen-bond acceptors (Lipinski definition) is 5. The molecule has 7 nitrogen and oxygen atoms in total. The zero-order valence-corrected chi connectivity index (χ0v) is 22.9. The van der Waals surface area contributed by atoms with Crippen LogP contribution >= 0.6 is 0 Å². The van der Waals surface area contributed by atoms with Crippen molar-refractivity contribution in [3.8, 4) is 0 Å². The van der Waals surface area contributed by atoms with E-state index in [1.807, 2.05) is 24.5 Å². The summed E-state index contributed by atoms with van der Waals surface area (Å²) in [6.45, 7) is 6.56. The first-order valence-corrected chi connectivity index (χ1v) is 12.7. The molecule has 1 atom stereocenters. The van der Waals surface area contributed by atoms with Crippen molar-refractivity contribution in [2.45, 2.75) is 104 Å². The lowest BCUT2D eigenvalue weighted by molar-refractivity contribution is -0.697. The van der Waals surface area contributed by atoms with Crippen molar-refractivity contribution >= 4 is 12.1 Å². The normalized spacial score (nSPS) is 11.6. The van der Waals surface area contributed by atoms with Gasteiger partial charge in [-0.15, -0.1) is 0 Å². The molecule has 0 aliphatic carbocycles. The highest BCUT2D eigenvalue weighted by atomic mass is 79.9. The monoisotopic (exact) mass is 544 g/mol. The fourth-order valence-electron chi connectivity index (χ4n) is 3.39. The van der Waals surface area contributed by atoms with Gasteiger partial charge in [-0.2, -0.15) is 0 Å². The Morgan fingerprint density at radius 3 is 2.18 bits per heavy atom. The van der Waals surface area contributed by atoms with Crippen molar-refractivity contribution in [1.82, 2.24) is 5.32 Å². The maximum absolute atomic E-state index is 11.9. The number of carbonyl (C=O) groups excluding carboxylic acids is 2. The molecule has 0 radical (unpaired) electrons. The summed E-state index contributed by atoms with van der Waals surface area (Å²) in [6, 6.07) is 3.93. The van der Waals surface area contributed by atoms with E-state index < -0.39 is 18.2 Å². The maximum atomic E-state index is 11.9. The lowest BCUT2D eigenvalue weighted by Gasteiger charge is -2.13. The highest BCUT2D eigenvalue weighted by Crippen LogP contribution is 2.10. The van der Waals surface area contributed by atoms with Crippen molar-refractivity contribution in [2.24, 2.45) is 5.92 Å². The van der Waals surface area contributed by atoms with Crippen LogP contribution in [0.1, 0.15) is 90.5 Å². The fraction of sp³-hybridized carbons (Fsp3) is 0.731. The first kappa shape index (κ1) is 32.3. The number of aryl methyl sites for hydroxylation is 1. The van der Waals surface area contributed by atoms with Gasteiger partial charge in [0.15, 0.2) is 12.4 Å². The van der Waals surface area contributed by atoms with Crippen molar-refractivity contribution in [3.63, 3.8) is 0 Å². The number of esters is 1. The van der Waals surface area contributed by atoms with Gasteiger partial charge in [0.05, 0.1) is 12.5 Å². The maximum Gasteiger partial charge on any atom is 0.407 e. The Bertz CT molecular complexity index is 672. The third-order valence-electron chi connectivity index (χ3n) is 5.42. The van der Waals surface area contributed by atoms with Gasteiger partial charge in [-0.1, -0.05) is 72.1 Å². The van der Waals surface area contributed by atoms with Crippen LogP contribution in [0.3, 0.4) is 0 Å². The average Bonchev–Trinajstić information content (AvgIpc) is 2.81. The molecule has 0 saturated carbocycles. The van der Waals surface area contributed by atoms with Crippen molar-refractivity contribution in [1.29, 1.82) is 0 Å². The van der Waals surface area contributed by atoms with E-state index in [1.165, 1.54) is 57.8 Å². The van der Waals surface area contributed by atoms with Crippen LogP contribution in [0.5, 0.6) is 0 Å². The summed E-state index contributed by atoms with van der Waals surface area (Å²) < 4.78 is 12.1. The number of nitrogens with zero attached hydrogens (tertiary/aromatic N) is 1. The number of aliphatic hydroxyl groups is 1. The second kappa shape index (κ2) is 20.7. The number of rotatable bonds is 18. The lowest BCUT2D eigenvalue weighted by Crippen LogP contribution is -3.00. The number of aliphatic hydroxyl groups excluding tert-OH is 1. The van der Waals surface area contributed by atoms with Gasteiger partial charge in [0.25, 0.3) is 0 Å². The molecule has 1 rings (SSSR count). The van der Waals surface area contributed by atoms with E-state index in [2.05, 4.69) is 16.8 Å². The van der Waals surface area contributed by atoms with Gasteiger partial charge < -0.3 is 36.9 Å². The second-order valence-electron chi connectivity index (χ2n) is 9.02. The molecule has 1 unspecified atom stereocenters. The van der Waals surface area contributed by atoms with Crippen LogP contribution in [0.4, 0.5) is 4.79 Å². The van der Waals surface area contributed by atoms with Crippen molar-refractivity contribution in [2.75, 3.05) is 13.2 Å². The molecule has 1 aromatic rings. The quantitative estimate of drug-likeness (QED) is 0.167. The molecule has 2 N–H and O–H groups in total. The largest absolute Gasteiger partial charge is 1.00 e. The van der Waals surface area contributed by atoms with Gasteiger partial charge in [-0.25, -0.2) is 9.36 Å². The van der Waals surface area contributed by atoms with E-state index in [1.54, 1.807) is 13.8 Å². The number of aromatic nitrogens is 1. The lowest BCUT2D eigenvalue weighted by atomic mass is 10.1. The van der Waals surface area contributed by atoms with Gasteiger partial charge in [0.1, 0.15) is 25.9 Å². The van der Waals surface area contributed by atoms with Gasteiger partial charge in [0.2, 0.25) is 0 Å². The van der Waals surface area contributed by atoms with Gasteiger partial charge in [-0.3, -0.25) is 4.79 Å². The molecule has 0 aromatic carbocycles. The SMILES string of the molecule is CCCCCCCCCCCC[n+]1cccc(CNC(=O)OCC(O)COC(=O)C(C)C)c1.[Br-]. The molecule has 8 heteroatoms. The number of nitrogens with one attached hydrogen (secondary N) is 1. The number of pyridine rings is 1. The number of unbranched alkanes of at least 4 members (excludes halogenated alkanes) is 9. The third kappa shape index (κ3) is 16.9. The van der Waals surface area contributed by atoms with E-state index in [0.717, 1.165) is 18.5 Å². The Hall–Kier alpha value is -1.67. The second-order valence-corrected chi connectivity index (χ2v) is 9.02. The van der Waals surface area contributed by atoms with Crippen LogP contribution < -0.4 is 26.9 Å². The molecule has 0 aliphatic heterocycles. The third-order valence-corrected chi connectivity index (χ3v) is 5.42. The summed E-state index contributed by atoms with van der Waals surface area (Å²) >= 11 is 0. The number of hydrogen-bond donors (Lipinski definition) is 2. The summed E-state index contributed by atoms with van der Waals surface area (Å²) in [5.74, 6) is -0.658. The topological polar surface area (TPSA) is 88.7 Å². The number of ether oxygens (including phenoxy) is 2. The minimum atomic E-state index is -1.04. The highest BCUT2D eigenvalue weighted by Gasteiger charge is 2.14. The first-order chi connectivity index (χ1) is 15.9. The molecule has 0 saturated heterocycles. The van der Waals surface area contributed by atoms with Crippen LogP contribution in [0.15, 0.2) is 24.5 Å². The van der Waals surface area contributed by atoms with E-state index in [9.17, 15) is 14.7 Å². The Balaban J connectivity index is 0.0000109. The molecular weight excluding hydrogens is 500 g/mol. The summed E-state index contributed by atoms with van der Waals surface area (Å²) in [7, 11) is 0. The molecule has 1 heterocycles. The Morgan fingerprint density at radius 2 is 1.56 bits per heavy atom. The summed E-state index contributed by atoms with van der Waals surface area (Å²) in [5.41, 5.74) is 0.980. The predicted octanol–water partition coefficient (Wildman–Crippen LogP) is 1.69. The molecule has 1 amide bonds. The van der Waals surface area contributed by atoms with E-state index in [-0.39, 0.29) is 36.1 Å². The molecule has 0 bridgehead atoms. The number of carbonyl (C=O) groups is 2. The molecule has 196 valence electrons. The Labute approximate surface area is 216 Å². The predicted molar refractivity (Wildman–Crippen MR) is 128 cm³/mol. The van der Waals surface area contributed by atoms with Crippen LogP contribution in [-0.2, 0) is 27.4 Å². The molecule has 1 aromatic heterocycles. The zero-order valence-electron chi connectivity index (χ0n) is 21.3. The van der Waals surface area contributed by atoms with E-state index in [0.29, 0.717) is 6.54 Å². The molecule has 34 heavy (non-hydrogen) atoms. The minimum absolute atomic E-state index is 0. The van der Waals surface area contributed by atoms with E-state index in [4.69, 9.17) is 9.47 Å². The van der Waals surface area contributed by atoms with Gasteiger partial charge in [-0.05, 0) is 12.5 Å². The average molecular weight is 546 g/mol. The fourth-order valence-corrected chi connectivity index (χ4v) is 3.39. The summed E-state index contributed by atoms with van der Waals surface area (Å²) in [5, 5.41) is 12.4. The standard InChI is InChI=1S/C26H44N2O5.BrH/c1-4-5-6-7-8-9-10-11-12-13-16-28-17-14-15-23(19-28)18-27-26(31)33-21-24(29)20-32-25(30)22(2)3;/h14-15,17,19,22,24,29H,4-13,16,18,20-21H2,1-3H3;1H. The number of amides is 1. The number of halogens is 1. The Kier molecular flexibility index (Phi) is 19.7. The molecular formula is C26H45BrN2O5. The first-order valence-electron chi connectivity index (χ1n) is 12.7. The Morgan fingerprint density at radius 1 is 0.971 bits per heavy atom. The molecule has 0 fully saturated rings. The highest BCUT2D eigenvalue weighted by molar-refractivity contribution is 5.71. The minimum Gasteiger partial charge on any atom is -1.00 e. The van der Waals surface area contributed by atoms with Crippen LogP contribution in [0, 0.1) is 5.92 Å². The van der Waals surface area contributed by atoms with Gasteiger partial charge >= 0.3 is 12.1 Å². The number of alkyl carbamates (subject to hydrolysis) is 1. The summed E-state index contributed by atoms with van der Waals surface area (Å²) in [6.07, 6.45) is 15.6. The van der Waals surface area contributed by atoms with Gasteiger partial charge in [0, 0.05) is 18.1 Å². The van der Waals surface area contributed by atoms with E-state index >= 15 is 0 Å². The van der Waals surface area contributed by atoms with Crippen molar-refractivity contribution in [3.05, 3.63) is 30.1 Å². The summed E-state index contributed by atoms with van der Waals surface area (Å²) in [4.78, 5) is 23.2.